The molecule has 1 aromatic carbocycles. The maximum Gasteiger partial charge on any atom is 0.277 e. The Kier molecular flexibility index (Phi) is 8.42. The summed E-state index contributed by atoms with van der Waals surface area (Å²) in [5.74, 6) is -3.55. The molecular formula is C12H16Cl2F2N2OS. The van der Waals surface area contributed by atoms with Crippen molar-refractivity contribution in [3.8, 4) is 0 Å². The molecule has 20 heavy (non-hydrogen) atoms. The lowest BCUT2D eigenvalue weighted by atomic mass is 10.3. The van der Waals surface area contributed by atoms with Gasteiger partial charge in [0.25, 0.3) is 5.92 Å². The van der Waals surface area contributed by atoms with Crippen molar-refractivity contribution in [2.45, 2.75) is 23.0 Å². The number of rotatable bonds is 6. The van der Waals surface area contributed by atoms with Crippen LogP contribution in [0.15, 0.2) is 29.2 Å². The molecule has 0 heterocycles. The van der Waals surface area contributed by atoms with Gasteiger partial charge in [0.2, 0.25) is 5.91 Å². The maximum atomic E-state index is 12.9. The molecule has 0 aromatic heterocycles. The highest BCUT2D eigenvalue weighted by Crippen LogP contribution is 2.30. The zero-order chi connectivity index (χ0) is 14.5. The van der Waals surface area contributed by atoms with E-state index in [-0.39, 0.29) is 12.4 Å². The molecule has 1 aromatic rings. The summed E-state index contributed by atoms with van der Waals surface area (Å²) in [7, 11) is 0. The van der Waals surface area contributed by atoms with Crippen LogP contribution in [0.4, 0.5) is 8.78 Å². The first-order valence-corrected chi connectivity index (χ1v) is 6.88. The van der Waals surface area contributed by atoms with Crippen molar-refractivity contribution in [3.05, 3.63) is 29.3 Å². The van der Waals surface area contributed by atoms with E-state index >= 15 is 0 Å². The van der Waals surface area contributed by atoms with Crippen molar-refractivity contribution in [2.24, 2.45) is 5.73 Å². The Bertz CT molecular complexity index is 449. The molecule has 3 nitrogen and oxygen atoms in total. The molecule has 0 aliphatic rings. The van der Waals surface area contributed by atoms with Crippen LogP contribution in [0.3, 0.4) is 0 Å². The number of amides is 1. The van der Waals surface area contributed by atoms with Gasteiger partial charge >= 0.3 is 0 Å². The van der Waals surface area contributed by atoms with E-state index in [1.54, 1.807) is 31.2 Å². The lowest BCUT2D eigenvalue weighted by Gasteiger charge is -2.17. The molecule has 3 N–H and O–H groups in total. The van der Waals surface area contributed by atoms with Gasteiger partial charge in [0.15, 0.2) is 0 Å². The van der Waals surface area contributed by atoms with Gasteiger partial charge in [-0.2, -0.15) is 0 Å². The largest absolute Gasteiger partial charge is 0.349 e. The van der Waals surface area contributed by atoms with Crippen molar-refractivity contribution < 1.29 is 13.6 Å². The molecule has 0 radical (unpaired) electrons. The Morgan fingerprint density at radius 3 is 2.65 bits per heavy atom. The van der Waals surface area contributed by atoms with E-state index in [1.807, 2.05) is 0 Å². The second kappa shape index (κ2) is 8.67. The fourth-order valence-corrected chi connectivity index (χ4v) is 2.40. The minimum Gasteiger partial charge on any atom is -0.349 e. The van der Waals surface area contributed by atoms with Gasteiger partial charge in [-0.05, 0) is 19.1 Å². The second-order valence-electron chi connectivity index (χ2n) is 3.97. The van der Waals surface area contributed by atoms with Crippen LogP contribution in [0.1, 0.15) is 6.92 Å². The highest BCUT2D eigenvalue weighted by atomic mass is 35.5. The van der Waals surface area contributed by atoms with Crippen molar-refractivity contribution in [1.29, 1.82) is 0 Å². The molecule has 0 saturated carbocycles. The van der Waals surface area contributed by atoms with Crippen molar-refractivity contribution >= 4 is 41.7 Å². The number of hydrogen-bond donors (Lipinski definition) is 2. The van der Waals surface area contributed by atoms with Gasteiger partial charge < -0.3 is 11.1 Å². The first-order chi connectivity index (χ1) is 8.85. The van der Waals surface area contributed by atoms with Gasteiger partial charge in [-0.15, -0.1) is 24.2 Å². The van der Waals surface area contributed by atoms with Crippen LogP contribution < -0.4 is 11.1 Å². The Morgan fingerprint density at radius 1 is 1.50 bits per heavy atom. The molecule has 1 amide bonds. The molecule has 0 fully saturated rings. The summed E-state index contributed by atoms with van der Waals surface area (Å²) < 4.78 is 25.8. The first kappa shape index (κ1) is 19.4. The van der Waals surface area contributed by atoms with Gasteiger partial charge in [0, 0.05) is 4.90 Å². The third kappa shape index (κ3) is 6.26. The van der Waals surface area contributed by atoms with E-state index in [0.717, 1.165) is 4.90 Å². The predicted octanol–water partition coefficient (Wildman–Crippen LogP) is 2.95. The number of thioether (sulfide) groups is 1. The lowest BCUT2D eigenvalue weighted by molar-refractivity contribution is -0.122. The summed E-state index contributed by atoms with van der Waals surface area (Å²) in [5, 5.41) is 2.19. The van der Waals surface area contributed by atoms with Crippen molar-refractivity contribution in [1.82, 2.24) is 5.32 Å². The maximum absolute atomic E-state index is 12.9. The normalized spacial score (nSPS) is 12.4. The number of nitrogens with two attached hydrogens (primary N) is 1. The molecule has 1 atom stereocenters. The molecule has 0 bridgehead atoms. The quantitative estimate of drug-likeness (QED) is 0.780. The standard InChI is InChI=1S/C12H15ClF2N2OS.ClH/c1-8(11(18)17-7-12(14,15)6-16)19-10-5-3-2-4-9(10)13;/h2-5,8H,6-7,16H2,1H3,(H,17,18);1H. The number of halogens is 4. The van der Waals surface area contributed by atoms with E-state index in [2.05, 4.69) is 5.32 Å². The molecule has 0 aliphatic heterocycles. The van der Waals surface area contributed by atoms with E-state index < -0.39 is 30.2 Å². The summed E-state index contributed by atoms with van der Waals surface area (Å²) in [4.78, 5) is 12.4. The summed E-state index contributed by atoms with van der Waals surface area (Å²) in [5.41, 5.74) is 4.89. The molecule has 1 rings (SSSR count). The third-order valence-electron chi connectivity index (χ3n) is 2.33. The Morgan fingerprint density at radius 2 is 2.10 bits per heavy atom. The number of alkyl halides is 2. The second-order valence-corrected chi connectivity index (χ2v) is 5.76. The lowest BCUT2D eigenvalue weighted by Crippen LogP contribution is -2.43. The number of benzene rings is 1. The van der Waals surface area contributed by atoms with Crippen LogP contribution in [0.2, 0.25) is 5.02 Å². The van der Waals surface area contributed by atoms with Crippen LogP contribution >= 0.6 is 35.8 Å². The smallest absolute Gasteiger partial charge is 0.277 e. The number of nitrogens with one attached hydrogen (secondary N) is 1. The molecule has 0 aliphatic carbocycles. The minimum atomic E-state index is -3.08. The van der Waals surface area contributed by atoms with Crippen molar-refractivity contribution in [3.63, 3.8) is 0 Å². The zero-order valence-electron chi connectivity index (χ0n) is 10.7. The summed E-state index contributed by atoms with van der Waals surface area (Å²) in [6.07, 6.45) is 0. The summed E-state index contributed by atoms with van der Waals surface area (Å²) >= 11 is 7.17. The zero-order valence-corrected chi connectivity index (χ0v) is 13.1. The molecule has 1 unspecified atom stereocenters. The minimum absolute atomic E-state index is 0. The van der Waals surface area contributed by atoms with Crippen LogP contribution in [0, 0.1) is 0 Å². The fraction of sp³-hybridized carbons (Fsp3) is 0.417. The van der Waals surface area contributed by atoms with E-state index in [0.29, 0.717) is 5.02 Å². The third-order valence-corrected chi connectivity index (χ3v) is 3.95. The Labute approximate surface area is 132 Å². The molecule has 0 spiro atoms. The van der Waals surface area contributed by atoms with Crippen LogP contribution in [0.5, 0.6) is 0 Å². The Balaban J connectivity index is 0.00000361. The van der Waals surface area contributed by atoms with Gasteiger partial charge in [-0.3, -0.25) is 4.79 Å². The SMILES string of the molecule is CC(Sc1ccccc1Cl)C(=O)NCC(F)(F)CN.Cl. The first-order valence-electron chi connectivity index (χ1n) is 5.62. The predicted molar refractivity (Wildman–Crippen MR) is 81.0 cm³/mol. The fourth-order valence-electron chi connectivity index (χ4n) is 1.22. The topological polar surface area (TPSA) is 55.1 Å². The average Bonchev–Trinajstić information content (AvgIpc) is 2.38. The average molecular weight is 345 g/mol. The summed E-state index contributed by atoms with van der Waals surface area (Å²) in [6.45, 7) is 0.0823. The molecule has 114 valence electrons. The number of carbonyl (C=O) groups is 1. The van der Waals surface area contributed by atoms with Crippen molar-refractivity contribution in [2.75, 3.05) is 13.1 Å². The van der Waals surface area contributed by atoms with E-state index in [1.165, 1.54) is 11.8 Å². The number of hydrogen-bond acceptors (Lipinski definition) is 3. The van der Waals surface area contributed by atoms with Crippen LogP contribution in [0.25, 0.3) is 0 Å². The van der Waals surface area contributed by atoms with Gasteiger partial charge in [-0.25, -0.2) is 8.78 Å². The molecule has 8 heteroatoms. The number of carbonyl (C=O) groups excluding carboxylic acids is 1. The van der Waals surface area contributed by atoms with E-state index in [4.69, 9.17) is 17.3 Å². The Hall–Kier alpha value is -0.560. The molecule has 0 saturated heterocycles. The molecular weight excluding hydrogens is 329 g/mol. The highest BCUT2D eigenvalue weighted by molar-refractivity contribution is 8.00. The highest BCUT2D eigenvalue weighted by Gasteiger charge is 2.28. The van der Waals surface area contributed by atoms with Crippen LogP contribution in [-0.2, 0) is 4.79 Å². The van der Waals surface area contributed by atoms with Crippen LogP contribution in [-0.4, -0.2) is 30.2 Å². The van der Waals surface area contributed by atoms with Gasteiger partial charge in [-0.1, -0.05) is 23.7 Å². The van der Waals surface area contributed by atoms with E-state index in [9.17, 15) is 13.6 Å². The van der Waals surface area contributed by atoms with Gasteiger partial charge in [0.05, 0.1) is 23.4 Å². The van der Waals surface area contributed by atoms with Gasteiger partial charge in [0.1, 0.15) is 0 Å². The monoisotopic (exact) mass is 344 g/mol. The summed E-state index contributed by atoms with van der Waals surface area (Å²) in [6, 6.07) is 7.04.